The molecule has 2 unspecified atom stereocenters. The number of thioether (sulfide) groups is 1. The standard InChI is InChI=1S/C20H32N2O5S/c1-3-5-10-21-17(24)16-20-9-8-13(28-20)14(19(26)27-4-2)15(20)18(25)22(16)11-6-7-12-23/h13-16,23H,3-12H2,1-2H3,(H,21,24)/t13-,14+,15+,16?,20?/m1/s1. The summed E-state index contributed by atoms with van der Waals surface area (Å²) in [7, 11) is 0. The first kappa shape index (κ1) is 21.4. The van der Waals surface area contributed by atoms with Crippen LogP contribution in [0.5, 0.6) is 0 Å². The van der Waals surface area contributed by atoms with Crippen molar-refractivity contribution in [1.82, 2.24) is 10.2 Å². The number of nitrogens with one attached hydrogen (secondary N) is 1. The van der Waals surface area contributed by atoms with Gasteiger partial charge in [-0.3, -0.25) is 14.4 Å². The van der Waals surface area contributed by atoms with E-state index >= 15 is 0 Å². The summed E-state index contributed by atoms with van der Waals surface area (Å²) in [5, 5.41) is 12.2. The quantitative estimate of drug-likeness (QED) is 0.415. The summed E-state index contributed by atoms with van der Waals surface area (Å²) < 4.78 is 4.75. The molecule has 0 saturated carbocycles. The summed E-state index contributed by atoms with van der Waals surface area (Å²) in [6.07, 6.45) is 4.72. The molecule has 5 atom stereocenters. The normalized spacial score (nSPS) is 33.2. The molecule has 0 radical (unpaired) electrons. The fourth-order valence-electron chi connectivity index (χ4n) is 5.08. The highest BCUT2D eigenvalue weighted by Crippen LogP contribution is 2.66. The average molecular weight is 413 g/mol. The predicted molar refractivity (Wildman–Crippen MR) is 107 cm³/mol. The average Bonchev–Trinajstić information content (AvgIpc) is 3.30. The number of amides is 2. The number of carbonyl (C=O) groups excluding carboxylic acids is 3. The van der Waals surface area contributed by atoms with Gasteiger partial charge in [0.1, 0.15) is 6.04 Å². The molecular weight excluding hydrogens is 380 g/mol. The van der Waals surface area contributed by atoms with Crippen LogP contribution in [-0.2, 0) is 19.1 Å². The number of ether oxygens (including phenoxy) is 1. The fraction of sp³-hybridized carbons (Fsp3) is 0.850. The van der Waals surface area contributed by atoms with E-state index in [1.165, 1.54) is 0 Å². The van der Waals surface area contributed by atoms with Crippen molar-refractivity contribution >= 4 is 29.5 Å². The van der Waals surface area contributed by atoms with E-state index in [2.05, 4.69) is 12.2 Å². The van der Waals surface area contributed by atoms with Crippen LogP contribution in [0, 0.1) is 11.8 Å². The van der Waals surface area contributed by atoms with Crippen LogP contribution in [0.25, 0.3) is 0 Å². The number of hydrogen-bond donors (Lipinski definition) is 2. The van der Waals surface area contributed by atoms with Crippen LogP contribution in [-0.4, -0.2) is 70.1 Å². The molecule has 0 aliphatic carbocycles. The number of aliphatic hydroxyl groups is 1. The summed E-state index contributed by atoms with van der Waals surface area (Å²) in [5.41, 5.74) is 0. The van der Waals surface area contributed by atoms with E-state index in [4.69, 9.17) is 9.84 Å². The molecule has 0 aromatic rings. The van der Waals surface area contributed by atoms with Crippen molar-refractivity contribution in [1.29, 1.82) is 0 Å². The van der Waals surface area contributed by atoms with Gasteiger partial charge in [-0.15, -0.1) is 11.8 Å². The Morgan fingerprint density at radius 1 is 1.32 bits per heavy atom. The smallest absolute Gasteiger partial charge is 0.310 e. The molecule has 3 heterocycles. The van der Waals surface area contributed by atoms with Crippen LogP contribution in [0.15, 0.2) is 0 Å². The van der Waals surface area contributed by atoms with E-state index < -0.39 is 22.6 Å². The van der Waals surface area contributed by atoms with Crippen molar-refractivity contribution in [3.05, 3.63) is 0 Å². The fourth-order valence-corrected chi connectivity index (χ4v) is 7.29. The van der Waals surface area contributed by atoms with Crippen molar-refractivity contribution in [2.75, 3.05) is 26.3 Å². The highest BCUT2D eigenvalue weighted by atomic mass is 32.2. The van der Waals surface area contributed by atoms with Crippen LogP contribution >= 0.6 is 11.8 Å². The van der Waals surface area contributed by atoms with Gasteiger partial charge in [0.2, 0.25) is 11.8 Å². The maximum Gasteiger partial charge on any atom is 0.310 e. The number of carbonyl (C=O) groups is 3. The molecule has 7 nitrogen and oxygen atoms in total. The van der Waals surface area contributed by atoms with Crippen LogP contribution < -0.4 is 5.32 Å². The van der Waals surface area contributed by atoms with Gasteiger partial charge in [-0.05, 0) is 39.0 Å². The number of rotatable bonds is 10. The molecule has 28 heavy (non-hydrogen) atoms. The van der Waals surface area contributed by atoms with E-state index in [0.29, 0.717) is 32.5 Å². The van der Waals surface area contributed by atoms with E-state index in [1.807, 2.05) is 0 Å². The Hall–Kier alpha value is -1.28. The number of unbranched alkanes of at least 4 members (excludes halogenated alkanes) is 2. The molecule has 2 bridgehead atoms. The lowest BCUT2D eigenvalue weighted by Crippen LogP contribution is -2.53. The second kappa shape index (κ2) is 9.03. The van der Waals surface area contributed by atoms with Crippen LogP contribution in [0.1, 0.15) is 52.4 Å². The first-order valence-electron chi connectivity index (χ1n) is 10.5. The Bertz CT molecular complexity index is 615. The van der Waals surface area contributed by atoms with Gasteiger partial charge in [-0.1, -0.05) is 13.3 Å². The van der Waals surface area contributed by atoms with Crippen LogP contribution in [0.3, 0.4) is 0 Å². The molecule has 0 aromatic carbocycles. The lowest BCUT2D eigenvalue weighted by atomic mass is 9.71. The second-order valence-corrected chi connectivity index (χ2v) is 9.52. The van der Waals surface area contributed by atoms with Gasteiger partial charge in [-0.25, -0.2) is 0 Å². The molecule has 158 valence electrons. The van der Waals surface area contributed by atoms with E-state index in [-0.39, 0.29) is 29.6 Å². The first-order chi connectivity index (χ1) is 13.5. The van der Waals surface area contributed by atoms with Gasteiger partial charge in [0.15, 0.2) is 0 Å². The number of likely N-dealkylation sites (tertiary alicyclic amines) is 1. The summed E-state index contributed by atoms with van der Waals surface area (Å²) in [6.45, 7) is 5.23. The molecule has 8 heteroatoms. The summed E-state index contributed by atoms with van der Waals surface area (Å²) in [6, 6.07) is -0.546. The largest absolute Gasteiger partial charge is 0.466 e. The van der Waals surface area contributed by atoms with Crippen molar-refractivity contribution in [3.8, 4) is 0 Å². The molecule has 3 saturated heterocycles. The summed E-state index contributed by atoms with van der Waals surface area (Å²) >= 11 is 1.66. The lowest BCUT2D eigenvalue weighted by Gasteiger charge is -2.34. The molecule has 3 aliphatic rings. The summed E-state index contributed by atoms with van der Waals surface area (Å²) in [4.78, 5) is 40.9. The molecular formula is C20H32N2O5S. The van der Waals surface area contributed by atoms with Crippen molar-refractivity contribution < 1.29 is 24.2 Å². The van der Waals surface area contributed by atoms with Crippen LogP contribution in [0.2, 0.25) is 0 Å². The molecule has 2 N–H and O–H groups in total. The number of aliphatic hydroxyl groups excluding tert-OH is 1. The van der Waals surface area contributed by atoms with Gasteiger partial charge in [-0.2, -0.15) is 0 Å². The zero-order valence-corrected chi connectivity index (χ0v) is 17.6. The highest BCUT2D eigenvalue weighted by molar-refractivity contribution is 8.02. The molecule has 0 aromatic heterocycles. The third-order valence-electron chi connectivity index (χ3n) is 6.24. The third kappa shape index (κ3) is 3.54. The number of fused-ring (bicyclic) bond motifs is 1. The van der Waals surface area contributed by atoms with Gasteiger partial charge < -0.3 is 20.1 Å². The molecule has 3 rings (SSSR count). The SMILES string of the molecule is CCCCNC(=O)C1N(CCCCO)C(=O)[C@@H]2[C@@H](C(=O)OCC)[C@H]3CCC12S3. The van der Waals surface area contributed by atoms with Crippen LogP contribution in [0.4, 0.5) is 0 Å². The minimum Gasteiger partial charge on any atom is -0.466 e. The maximum absolute atomic E-state index is 13.4. The minimum atomic E-state index is -0.546. The Morgan fingerprint density at radius 2 is 2.11 bits per heavy atom. The topological polar surface area (TPSA) is 95.9 Å². The van der Waals surface area contributed by atoms with Gasteiger partial charge in [0, 0.05) is 24.9 Å². The van der Waals surface area contributed by atoms with Gasteiger partial charge in [0.05, 0.1) is 23.2 Å². The molecule has 1 spiro atoms. The third-order valence-corrected chi connectivity index (χ3v) is 8.20. The number of hydrogen-bond acceptors (Lipinski definition) is 6. The van der Waals surface area contributed by atoms with Crippen molar-refractivity contribution in [3.63, 3.8) is 0 Å². The predicted octanol–water partition coefficient (Wildman–Crippen LogP) is 1.33. The van der Waals surface area contributed by atoms with Crippen molar-refractivity contribution in [2.24, 2.45) is 11.8 Å². The van der Waals surface area contributed by atoms with E-state index in [9.17, 15) is 14.4 Å². The Kier molecular flexibility index (Phi) is 6.91. The molecule has 3 aliphatic heterocycles. The Morgan fingerprint density at radius 3 is 2.79 bits per heavy atom. The van der Waals surface area contributed by atoms with E-state index in [0.717, 1.165) is 25.7 Å². The van der Waals surface area contributed by atoms with E-state index in [1.54, 1.807) is 23.6 Å². The number of nitrogens with zero attached hydrogens (tertiary/aromatic N) is 1. The zero-order valence-electron chi connectivity index (χ0n) is 16.8. The zero-order chi connectivity index (χ0) is 20.3. The highest BCUT2D eigenvalue weighted by Gasteiger charge is 2.73. The molecule has 3 fully saturated rings. The monoisotopic (exact) mass is 412 g/mol. The molecule has 2 amide bonds. The second-order valence-electron chi connectivity index (χ2n) is 7.91. The Labute approximate surface area is 170 Å². The Balaban J connectivity index is 1.88. The first-order valence-corrected chi connectivity index (χ1v) is 11.4. The lowest BCUT2D eigenvalue weighted by molar-refractivity contribution is -0.153. The van der Waals surface area contributed by atoms with Crippen molar-refractivity contribution in [2.45, 2.75) is 68.4 Å². The van der Waals surface area contributed by atoms with Gasteiger partial charge >= 0.3 is 5.97 Å². The summed E-state index contributed by atoms with van der Waals surface area (Å²) in [5.74, 6) is -1.44. The number of esters is 1. The minimum absolute atomic E-state index is 0.0542. The maximum atomic E-state index is 13.4. The van der Waals surface area contributed by atoms with Gasteiger partial charge in [0.25, 0.3) is 0 Å².